The van der Waals surface area contributed by atoms with Gasteiger partial charge in [-0.15, -0.1) is 0 Å². The minimum Gasteiger partial charge on any atom is -0.378 e. The number of nitro groups is 1. The highest BCUT2D eigenvalue weighted by Gasteiger charge is 2.23. The van der Waals surface area contributed by atoms with Gasteiger partial charge >= 0.3 is 5.69 Å². The second kappa shape index (κ2) is 7.55. The van der Waals surface area contributed by atoms with Crippen molar-refractivity contribution in [3.8, 4) is 0 Å². The largest absolute Gasteiger partial charge is 0.378 e. The molecule has 0 unspecified atom stereocenters. The third kappa shape index (κ3) is 4.07. The van der Waals surface area contributed by atoms with Crippen molar-refractivity contribution in [2.75, 3.05) is 29.5 Å². The molecular weight excluding hydrogens is 310 g/mol. The SMILES string of the molecule is Cc1ccc(Nc2nc(NCCCN)nc(N)c2[N+](=O)[O-])cc1C. The Bertz CT molecular complexity index is 749. The predicted molar refractivity (Wildman–Crippen MR) is 94.5 cm³/mol. The topological polar surface area (TPSA) is 145 Å². The maximum absolute atomic E-state index is 11.3. The van der Waals surface area contributed by atoms with Crippen LogP contribution in [0.3, 0.4) is 0 Å². The number of nitrogens with zero attached hydrogens (tertiary/aromatic N) is 3. The van der Waals surface area contributed by atoms with Crippen molar-refractivity contribution in [3.05, 3.63) is 39.4 Å². The highest BCUT2D eigenvalue weighted by atomic mass is 16.6. The van der Waals surface area contributed by atoms with E-state index in [-0.39, 0.29) is 23.3 Å². The molecule has 0 aliphatic rings. The molecule has 0 bridgehead atoms. The second-order valence-electron chi connectivity index (χ2n) is 5.38. The highest BCUT2D eigenvalue weighted by molar-refractivity contribution is 5.74. The Labute approximate surface area is 139 Å². The summed E-state index contributed by atoms with van der Waals surface area (Å²) in [6.07, 6.45) is 0.722. The molecule has 0 aliphatic heterocycles. The molecule has 0 saturated carbocycles. The molecule has 6 N–H and O–H groups in total. The Hall–Kier alpha value is -2.94. The van der Waals surface area contributed by atoms with Crippen molar-refractivity contribution >= 4 is 29.0 Å². The maximum atomic E-state index is 11.3. The molecule has 0 aliphatic carbocycles. The number of aromatic nitrogens is 2. The van der Waals surface area contributed by atoms with Crippen LogP contribution in [-0.2, 0) is 0 Å². The number of nitrogen functional groups attached to an aromatic ring is 1. The Morgan fingerprint density at radius 2 is 2.00 bits per heavy atom. The molecule has 0 atom stereocenters. The minimum atomic E-state index is -0.595. The van der Waals surface area contributed by atoms with Crippen molar-refractivity contribution in [3.63, 3.8) is 0 Å². The van der Waals surface area contributed by atoms with Crippen LogP contribution in [0.15, 0.2) is 18.2 Å². The molecule has 0 radical (unpaired) electrons. The molecule has 0 fully saturated rings. The number of benzene rings is 1. The number of hydrogen-bond acceptors (Lipinski definition) is 8. The lowest BCUT2D eigenvalue weighted by Gasteiger charge is -2.11. The van der Waals surface area contributed by atoms with E-state index in [0.29, 0.717) is 18.8 Å². The van der Waals surface area contributed by atoms with Gasteiger partial charge in [0.05, 0.1) is 4.92 Å². The summed E-state index contributed by atoms with van der Waals surface area (Å²) < 4.78 is 0. The van der Waals surface area contributed by atoms with Gasteiger partial charge in [0.2, 0.25) is 17.6 Å². The van der Waals surface area contributed by atoms with E-state index < -0.39 is 4.92 Å². The Morgan fingerprint density at radius 1 is 1.25 bits per heavy atom. The summed E-state index contributed by atoms with van der Waals surface area (Å²) in [5, 5.41) is 17.2. The number of anilines is 4. The molecule has 0 spiro atoms. The smallest absolute Gasteiger partial charge is 0.353 e. The van der Waals surface area contributed by atoms with Gasteiger partial charge in [0.1, 0.15) is 0 Å². The molecule has 1 aromatic carbocycles. The van der Waals surface area contributed by atoms with Crippen molar-refractivity contribution in [1.82, 2.24) is 9.97 Å². The summed E-state index contributed by atoms with van der Waals surface area (Å²) in [6, 6.07) is 5.64. The fourth-order valence-electron chi connectivity index (χ4n) is 2.08. The van der Waals surface area contributed by atoms with Crippen LogP contribution in [0.4, 0.5) is 29.0 Å². The molecule has 0 saturated heterocycles. The molecule has 1 aromatic heterocycles. The van der Waals surface area contributed by atoms with Crippen LogP contribution in [-0.4, -0.2) is 28.0 Å². The zero-order valence-electron chi connectivity index (χ0n) is 13.7. The lowest BCUT2D eigenvalue weighted by atomic mass is 10.1. The molecule has 128 valence electrons. The fourth-order valence-corrected chi connectivity index (χ4v) is 2.08. The summed E-state index contributed by atoms with van der Waals surface area (Å²) in [5.41, 5.74) is 13.7. The van der Waals surface area contributed by atoms with Crippen LogP contribution in [0.2, 0.25) is 0 Å². The first-order valence-corrected chi connectivity index (χ1v) is 7.52. The van der Waals surface area contributed by atoms with Crippen LogP contribution < -0.4 is 22.1 Å². The van der Waals surface area contributed by atoms with E-state index in [1.807, 2.05) is 32.0 Å². The van der Waals surface area contributed by atoms with Crippen LogP contribution in [0.25, 0.3) is 0 Å². The molecule has 2 aromatic rings. The summed E-state index contributed by atoms with van der Waals surface area (Å²) in [4.78, 5) is 18.8. The molecule has 9 heteroatoms. The molecule has 0 amide bonds. The van der Waals surface area contributed by atoms with Crippen LogP contribution in [0, 0.1) is 24.0 Å². The molecule has 24 heavy (non-hydrogen) atoms. The number of nitrogens with two attached hydrogens (primary N) is 2. The summed E-state index contributed by atoms with van der Waals surface area (Å²) >= 11 is 0. The highest BCUT2D eigenvalue weighted by Crippen LogP contribution is 2.31. The Morgan fingerprint density at radius 3 is 2.62 bits per heavy atom. The molecule has 1 heterocycles. The first-order chi connectivity index (χ1) is 11.4. The van der Waals surface area contributed by atoms with Crippen molar-refractivity contribution in [2.24, 2.45) is 5.73 Å². The maximum Gasteiger partial charge on any atom is 0.353 e. The quantitative estimate of drug-likeness (QED) is 0.343. The van der Waals surface area contributed by atoms with Crippen molar-refractivity contribution in [2.45, 2.75) is 20.3 Å². The fraction of sp³-hybridized carbons (Fsp3) is 0.333. The Balaban J connectivity index is 2.36. The van der Waals surface area contributed by atoms with E-state index in [2.05, 4.69) is 20.6 Å². The van der Waals surface area contributed by atoms with Gasteiger partial charge in [-0.3, -0.25) is 10.1 Å². The number of aryl methyl sites for hydroxylation is 2. The van der Waals surface area contributed by atoms with Gasteiger partial charge in [-0.25, -0.2) is 0 Å². The van der Waals surface area contributed by atoms with Gasteiger partial charge in [0, 0.05) is 12.2 Å². The first-order valence-electron chi connectivity index (χ1n) is 7.52. The number of nitrogens with one attached hydrogen (secondary N) is 2. The summed E-state index contributed by atoms with van der Waals surface area (Å²) in [5.74, 6) is 0.0699. The summed E-state index contributed by atoms with van der Waals surface area (Å²) in [6.45, 7) is 5.02. The van der Waals surface area contributed by atoms with Gasteiger partial charge in [-0.05, 0) is 50.1 Å². The van der Waals surface area contributed by atoms with Crippen molar-refractivity contribution in [1.29, 1.82) is 0 Å². The molecular formula is C15H21N7O2. The molecule has 2 rings (SSSR count). The van der Waals surface area contributed by atoms with Crippen LogP contribution >= 0.6 is 0 Å². The van der Waals surface area contributed by atoms with Gasteiger partial charge in [0.15, 0.2) is 0 Å². The third-order valence-electron chi connectivity index (χ3n) is 3.53. The first kappa shape index (κ1) is 17.4. The van der Waals surface area contributed by atoms with Crippen molar-refractivity contribution < 1.29 is 4.92 Å². The average molecular weight is 331 g/mol. The van der Waals surface area contributed by atoms with Gasteiger partial charge in [0.25, 0.3) is 0 Å². The van der Waals surface area contributed by atoms with Crippen LogP contribution in [0.5, 0.6) is 0 Å². The Kier molecular flexibility index (Phi) is 5.48. The van der Waals surface area contributed by atoms with E-state index in [0.717, 1.165) is 17.5 Å². The zero-order chi connectivity index (χ0) is 17.7. The van der Waals surface area contributed by atoms with Crippen LogP contribution in [0.1, 0.15) is 17.5 Å². The monoisotopic (exact) mass is 331 g/mol. The minimum absolute atomic E-state index is 0.0472. The number of rotatable bonds is 7. The molecule has 9 nitrogen and oxygen atoms in total. The zero-order valence-corrected chi connectivity index (χ0v) is 13.7. The van der Waals surface area contributed by atoms with Gasteiger partial charge < -0.3 is 22.1 Å². The van der Waals surface area contributed by atoms with E-state index in [1.54, 1.807) is 0 Å². The van der Waals surface area contributed by atoms with E-state index in [1.165, 1.54) is 0 Å². The predicted octanol–water partition coefficient (Wildman–Crippen LogP) is 2.09. The van der Waals surface area contributed by atoms with E-state index in [9.17, 15) is 10.1 Å². The van der Waals surface area contributed by atoms with E-state index >= 15 is 0 Å². The van der Waals surface area contributed by atoms with Gasteiger partial charge in [-0.2, -0.15) is 9.97 Å². The van der Waals surface area contributed by atoms with Gasteiger partial charge in [-0.1, -0.05) is 6.07 Å². The average Bonchev–Trinajstić information content (AvgIpc) is 2.50. The van der Waals surface area contributed by atoms with E-state index in [4.69, 9.17) is 11.5 Å². The second-order valence-corrected chi connectivity index (χ2v) is 5.38. The standard InChI is InChI=1S/C15H21N7O2/c1-9-4-5-11(8-10(9)2)19-14-12(22(23)24)13(17)20-15(21-14)18-7-3-6-16/h4-5,8H,3,6-7,16H2,1-2H3,(H4,17,18,19,20,21). The number of hydrogen-bond donors (Lipinski definition) is 4. The normalized spacial score (nSPS) is 10.5. The lowest BCUT2D eigenvalue weighted by molar-refractivity contribution is -0.383. The third-order valence-corrected chi connectivity index (χ3v) is 3.53. The lowest BCUT2D eigenvalue weighted by Crippen LogP contribution is -2.13. The summed E-state index contributed by atoms with van der Waals surface area (Å²) in [7, 11) is 0.